The zero-order valence-corrected chi connectivity index (χ0v) is 8.63. The lowest BCUT2D eigenvalue weighted by atomic mass is 9.92. The first-order valence-corrected chi connectivity index (χ1v) is 5.02. The van der Waals surface area contributed by atoms with Crippen molar-refractivity contribution in [1.29, 1.82) is 0 Å². The maximum Gasteiger partial charge on any atom is 0.180 e. The van der Waals surface area contributed by atoms with Gasteiger partial charge in [0, 0.05) is 32.0 Å². The van der Waals surface area contributed by atoms with Gasteiger partial charge in [0.05, 0.1) is 0 Å². The fourth-order valence-corrected chi connectivity index (χ4v) is 1.96. The number of aryl methyl sites for hydroxylation is 1. The van der Waals surface area contributed by atoms with Crippen LogP contribution in [0.15, 0.2) is 12.4 Å². The van der Waals surface area contributed by atoms with Crippen molar-refractivity contribution in [3.05, 3.63) is 18.2 Å². The van der Waals surface area contributed by atoms with Crippen LogP contribution in [0.2, 0.25) is 0 Å². The van der Waals surface area contributed by atoms with E-state index in [1.807, 2.05) is 7.05 Å². The monoisotopic (exact) mass is 197 g/mol. The number of aromatic nitrogens is 2. The molecule has 0 spiro atoms. The molecule has 14 heavy (non-hydrogen) atoms. The second kappa shape index (κ2) is 3.35. The summed E-state index contributed by atoms with van der Waals surface area (Å²) in [5.74, 6) is 0.539. The summed E-state index contributed by atoms with van der Waals surface area (Å²) in [4.78, 5) is 4.08. The SMILES string of the molecule is CC1CCC(F)(c2nccn2C)CN1. The molecule has 0 bridgehead atoms. The second-order valence-corrected chi connectivity index (χ2v) is 4.15. The third-order valence-electron chi connectivity index (χ3n) is 2.93. The number of piperidine rings is 1. The summed E-state index contributed by atoms with van der Waals surface area (Å²) in [5, 5.41) is 3.16. The van der Waals surface area contributed by atoms with Gasteiger partial charge < -0.3 is 9.88 Å². The average molecular weight is 197 g/mol. The van der Waals surface area contributed by atoms with Crippen LogP contribution < -0.4 is 5.32 Å². The number of alkyl halides is 1. The van der Waals surface area contributed by atoms with Gasteiger partial charge in [0.15, 0.2) is 5.67 Å². The molecule has 0 aliphatic carbocycles. The Balaban J connectivity index is 2.21. The minimum absolute atomic E-state index is 0.374. The molecule has 0 radical (unpaired) electrons. The van der Waals surface area contributed by atoms with E-state index < -0.39 is 5.67 Å². The first-order valence-electron chi connectivity index (χ1n) is 5.02. The summed E-state index contributed by atoms with van der Waals surface area (Å²) in [6.07, 6.45) is 4.86. The Labute approximate surface area is 83.3 Å². The van der Waals surface area contributed by atoms with Gasteiger partial charge in [0.2, 0.25) is 0 Å². The molecule has 1 aliphatic heterocycles. The maximum absolute atomic E-state index is 14.4. The molecule has 0 saturated carbocycles. The molecule has 78 valence electrons. The van der Waals surface area contributed by atoms with E-state index >= 15 is 0 Å². The number of nitrogens with zero attached hydrogens (tertiary/aromatic N) is 2. The average Bonchev–Trinajstić information content (AvgIpc) is 2.58. The molecule has 1 aliphatic rings. The Kier molecular flexibility index (Phi) is 2.31. The fourth-order valence-electron chi connectivity index (χ4n) is 1.96. The Bertz CT molecular complexity index is 313. The van der Waals surface area contributed by atoms with Crippen molar-refractivity contribution in [3.63, 3.8) is 0 Å². The van der Waals surface area contributed by atoms with E-state index in [-0.39, 0.29) is 0 Å². The Morgan fingerprint density at radius 1 is 1.71 bits per heavy atom. The Morgan fingerprint density at radius 2 is 2.50 bits per heavy atom. The van der Waals surface area contributed by atoms with Gasteiger partial charge >= 0.3 is 0 Å². The van der Waals surface area contributed by atoms with Crippen molar-refractivity contribution in [2.75, 3.05) is 6.54 Å². The topological polar surface area (TPSA) is 29.9 Å². The van der Waals surface area contributed by atoms with E-state index in [1.54, 1.807) is 17.0 Å². The van der Waals surface area contributed by atoms with Crippen LogP contribution in [0.4, 0.5) is 4.39 Å². The summed E-state index contributed by atoms with van der Waals surface area (Å²) in [6, 6.07) is 0.416. The molecule has 1 aromatic rings. The summed E-state index contributed by atoms with van der Waals surface area (Å²) in [6.45, 7) is 2.46. The van der Waals surface area contributed by atoms with Gasteiger partial charge in [-0.15, -0.1) is 0 Å². The highest BCUT2D eigenvalue weighted by atomic mass is 19.1. The number of imidazole rings is 1. The van der Waals surface area contributed by atoms with Crippen LogP contribution in [0, 0.1) is 0 Å². The van der Waals surface area contributed by atoms with Crippen molar-refractivity contribution in [1.82, 2.24) is 14.9 Å². The first kappa shape index (κ1) is 9.65. The van der Waals surface area contributed by atoms with Crippen LogP contribution in [0.25, 0.3) is 0 Å². The standard InChI is InChI=1S/C10H16FN3/c1-8-3-4-10(11,7-13-8)9-12-5-6-14(9)2/h5-6,8,13H,3-4,7H2,1-2H3. The predicted molar refractivity (Wildman–Crippen MR) is 52.7 cm³/mol. The van der Waals surface area contributed by atoms with Gasteiger partial charge in [0.25, 0.3) is 0 Å². The van der Waals surface area contributed by atoms with Crippen molar-refractivity contribution in [3.8, 4) is 0 Å². The van der Waals surface area contributed by atoms with E-state index in [0.717, 1.165) is 6.42 Å². The van der Waals surface area contributed by atoms with Gasteiger partial charge in [-0.05, 0) is 19.8 Å². The molecule has 4 heteroatoms. The molecule has 1 aromatic heterocycles. The molecule has 1 fully saturated rings. The highest BCUT2D eigenvalue weighted by molar-refractivity contribution is 5.07. The van der Waals surface area contributed by atoms with E-state index in [4.69, 9.17) is 0 Å². The highest BCUT2D eigenvalue weighted by Crippen LogP contribution is 2.32. The van der Waals surface area contributed by atoms with Crippen LogP contribution in [-0.2, 0) is 12.7 Å². The molecule has 1 N–H and O–H groups in total. The molecule has 2 unspecified atom stereocenters. The number of rotatable bonds is 1. The largest absolute Gasteiger partial charge is 0.335 e. The summed E-state index contributed by atoms with van der Waals surface area (Å²) in [7, 11) is 1.84. The van der Waals surface area contributed by atoms with Crippen LogP contribution >= 0.6 is 0 Å². The fraction of sp³-hybridized carbons (Fsp3) is 0.700. The summed E-state index contributed by atoms with van der Waals surface area (Å²) in [5.41, 5.74) is -1.29. The minimum Gasteiger partial charge on any atom is -0.335 e. The van der Waals surface area contributed by atoms with E-state index in [0.29, 0.717) is 24.8 Å². The molecule has 1 saturated heterocycles. The normalized spacial score (nSPS) is 33.2. The number of nitrogens with one attached hydrogen (secondary N) is 1. The molecule has 2 atom stereocenters. The van der Waals surface area contributed by atoms with Gasteiger partial charge in [-0.1, -0.05) is 0 Å². The first-order chi connectivity index (χ1) is 6.62. The van der Waals surface area contributed by atoms with Crippen LogP contribution in [0.3, 0.4) is 0 Å². The minimum atomic E-state index is -1.29. The molecule has 2 heterocycles. The molecule has 0 amide bonds. The van der Waals surface area contributed by atoms with Gasteiger partial charge in [-0.3, -0.25) is 0 Å². The molecular weight excluding hydrogens is 181 g/mol. The number of hydrogen-bond acceptors (Lipinski definition) is 2. The maximum atomic E-state index is 14.4. The highest BCUT2D eigenvalue weighted by Gasteiger charge is 2.38. The van der Waals surface area contributed by atoms with Crippen LogP contribution in [0.1, 0.15) is 25.6 Å². The van der Waals surface area contributed by atoms with E-state index in [2.05, 4.69) is 17.2 Å². The van der Waals surface area contributed by atoms with Crippen LogP contribution in [0.5, 0.6) is 0 Å². The lowest BCUT2D eigenvalue weighted by Crippen LogP contribution is -2.45. The van der Waals surface area contributed by atoms with E-state index in [1.165, 1.54) is 0 Å². The zero-order chi connectivity index (χ0) is 10.2. The lowest BCUT2D eigenvalue weighted by Gasteiger charge is -2.32. The Morgan fingerprint density at radius 3 is 3.00 bits per heavy atom. The third-order valence-corrected chi connectivity index (χ3v) is 2.93. The van der Waals surface area contributed by atoms with Crippen molar-refractivity contribution in [2.24, 2.45) is 7.05 Å². The molecule has 0 aromatic carbocycles. The smallest absolute Gasteiger partial charge is 0.180 e. The van der Waals surface area contributed by atoms with Crippen LogP contribution in [-0.4, -0.2) is 22.1 Å². The lowest BCUT2D eigenvalue weighted by molar-refractivity contribution is 0.0930. The predicted octanol–water partition coefficient (Wildman–Crippen LogP) is 1.36. The van der Waals surface area contributed by atoms with Crippen molar-refractivity contribution < 1.29 is 4.39 Å². The van der Waals surface area contributed by atoms with Gasteiger partial charge in [0.1, 0.15) is 5.82 Å². The van der Waals surface area contributed by atoms with Crippen molar-refractivity contribution >= 4 is 0 Å². The zero-order valence-electron chi connectivity index (χ0n) is 8.63. The van der Waals surface area contributed by atoms with Crippen molar-refractivity contribution in [2.45, 2.75) is 31.5 Å². The molecular formula is C10H16FN3. The Hall–Kier alpha value is -0.900. The van der Waals surface area contributed by atoms with Gasteiger partial charge in [-0.25, -0.2) is 9.37 Å². The molecule has 2 rings (SSSR count). The third kappa shape index (κ3) is 1.54. The number of hydrogen-bond donors (Lipinski definition) is 1. The molecule has 3 nitrogen and oxygen atoms in total. The quantitative estimate of drug-likeness (QED) is 0.736. The summed E-state index contributed by atoms with van der Waals surface area (Å²) < 4.78 is 16.2. The second-order valence-electron chi connectivity index (χ2n) is 4.15. The van der Waals surface area contributed by atoms with Gasteiger partial charge in [-0.2, -0.15) is 0 Å². The summed E-state index contributed by atoms with van der Waals surface area (Å²) >= 11 is 0. The van der Waals surface area contributed by atoms with E-state index in [9.17, 15) is 4.39 Å². The number of halogens is 1.